The molecule has 9 N–H and O–H groups in total. The molecule has 0 unspecified atom stereocenters. The predicted octanol–water partition coefficient (Wildman–Crippen LogP) is 1.56. The van der Waals surface area contributed by atoms with Gasteiger partial charge >= 0.3 is 19.8 Å². The van der Waals surface area contributed by atoms with E-state index in [4.69, 9.17) is 19.3 Å². The van der Waals surface area contributed by atoms with Crippen LogP contribution in [0.25, 0.3) is 0 Å². The molecule has 0 aliphatic rings. The van der Waals surface area contributed by atoms with E-state index in [0.29, 0.717) is 17.7 Å². The molecule has 0 saturated heterocycles. The molecule has 0 fully saturated rings. The first-order valence-electron chi connectivity index (χ1n) is 18.0. The first-order valence-corrected chi connectivity index (χ1v) is 21.0. The number of nitrogens with one attached hydrogen (secondary N) is 5. The number of ether oxygens (including phenoxy) is 2. The van der Waals surface area contributed by atoms with Gasteiger partial charge in [0.15, 0.2) is 11.5 Å². The summed E-state index contributed by atoms with van der Waals surface area (Å²) in [5, 5.41) is 31.5. The standard InChI is InChI=1S/C36H49BrN5O15PS/c1-5-19(2)31(36(51)38-14-15-59)42-34(49)25(11-13-30(45)46)39-33(48)24(10-12-29(43)44)40-35(50)26(16-20-6-8-21(9-7-20)57-58(52,53)54)41-32(47)22-17-27(55-3)28(56-4)18-23(22)37/h6-9,17-19,24-26,31,59H,5,10-16H2,1-4H3,(H,38,51)(H,39,48)(H,40,50)(H,41,47)(H,42,49)(H,43,44)(H,45,46)(H2,52,53,54)/t19-,24-,25-,26-,31-/m0/s1. The fourth-order valence-corrected chi connectivity index (χ4v) is 6.41. The fraction of sp³-hybridized carbons (Fsp3) is 0.472. The van der Waals surface area contributed by atoms with E-state index >= 15 is 0 Å². The predicted molar refractivity (Wildman–Crippen MR) is 217 cm³/mol. The summed E-state index contributed by atoms with van der Waals surface area (Å²) in [6, 6.07) is 2.11. The highest BCUT2D eigenvalue weighted by Crippen LogP contribution is 2.37. The Morgan fingerprint density at radius 3 is 1.76 bits per heavy atom. The van der Waals surface area contributed by atoms with Crippen LogP contribution in [-0.4, -0.2) is 112 Å². The van der Waals surface area contributed by atoms with Crippen LogP contribution in [0.1, 0.15) is 61.9 Å². The summed E-state index contributed by atoms with van der Waals surface area (Å²) < 4.78 is 26.7. The van der Waals surface area contributed by atoms with Gasteiger partial charge in [0.1, 0.15) is 29.9 Å². The average molecular weight is 935 g/mol. The first kappa shape index (κ1) is 50.3. The van der Waals surface area contributed by atoms with Crippen molar-refractivity contribution in [3.8, 4) is 17.2 Å². The van der Waals surface area contributed by atoms with Crippen LogP contribution in [0.2, 0.25) is 0 Å². The zero-order chi connectivity index (χ0) is 44.4. The van der Waals surface area contributed by atoms with Crippen LogP contribution in [0.15, 0.2) is 40.9 Å². The quantitative estimate of drug-likeness (QED) is 0.0499. The minimum absolute atomic E-state index is 0.00621. The van der Waals surface area contributed by atoms with Gasteiger partial charge in [-0.05, 0) is 64.5 Å². The van der Waals surface area contributed by atoms with Crippen LogP contribution in [0.5, 0.6) is 17.2 Å². The maximum atomic E-state index is 14.0. The second-order valence-electron chi connectivity index (χ2n) is 13.0. The van der Waals surface area contributed by atoms with Gasteiger partial charge in [-0.15, -0.1) is 0 Å². The number of carboxylic acid groups (broad SMARTS) is 2. The number of hydrogen-bond acceptors (Lipinski definition) is 12. The molecular weight excluding hydrogens is 885 g/mol. The number of carbonyl (C=O) groups excluding carboxylic acids is 5. The van der Waals surface area contributed by atoms with E-state index in [2.05, 4.69) is 59.7 Å². The molecule has 0 heterocycles. The smallest absolute Gasteiger partial charge is 0.493 e. The van der Waals surface area contributed by atoms with Crippen molar-refractivity contribution in [2.45, 2.75) is 76.5 Å². The van der Waals surface area contributed by atoms with Crippen molar-refractivity contribution in [3.05, 3.63) is 52.0 Å². The number of phosphoric ester groups is 1. The van der Waals surface area contributed by atoms with Gasteiger partial charge < -0.3 is 50.8 Å². The molecule has 0 aromatic heterocycles. The number of hydrogen-bond donors (Lipinski definition) is 10. The molecule has 0 saturated carbocycles. The molecule has 20 nitrogen and oxygen atoms in total. The molecule has 5 atom stereocenters. The topological polar surface area (TPSA) is 305 Å². The third kappa shape index (κ3) is 17.1. The number of amides is 5. The lowest BCUT2D eigenvalue weighted by Gasteiger charge is -2.28. The molecule has 2 aromatic rings. The van der Waals surface area contributed by atoms with E-state index < -0.39 is 99.1 Å². The average Bonchev–Trinajstić information content (AvgIpc) is 3.17. The Labute approximate surface area is 353 Å². The zero-order valence-corrected chi connectivity index (χ0v) is 35.9. The van der Waals surface area contributed by atoms with E-state index in [1.165, 1.54) is 50.6 Å². The molecule has 0 bridgehead atoms. The third-order valence-electron chi connectivity index (χ3n) is 8.69. The summed E-state index contributed by atoms with van der Waals surface area (Å²) in [6.07, 6.45) is -2.04. The van der Waals surface area contributed by atoms with Gasteiger partial charge in [-0.3, -0.25) is 43.3 Å². The number of rotatable bonds is 25. The number of carboxylic acids is 2. The summed E-state index contributed by atoms with van der Waals surface area (Å²) >= 11 is 7.37. The Morgan fingerprint density at radius 1 is 0.780 bits per heavy atom. The van der Waals surface area contributed by atoms with Crippen LogP contribution < -0.4 is 40.6 Å². The van der Waals surface area contributed by atoms with Crippen LogP contribution >= 0.6 is 36.4 Å². The minimum Gasteiger partial charge on any atom is -0.493 e. The van der Waals surface area contributed by atoms with Crippen molar-refractivity contribution < 1.29 is 72.1 Å². The molecule has 0 aliphatic carbocycles. The van der Waals surface area contributed by atoms with Gasteiger partial charge in [-0.25, -0.2) is 4.57 Å². The van der Waals surface area contributed by atoms with Crippen molar-refractivity contribution in [3.63, 3.8) is 0 Å². The second-order valence-corrected chi connectivity index (χ2v) is 15.5. The van der Waals surface area contributed by atoms with Gasteiger partial charge in [-0.2, -0.15) is 12.6 Å². The van der Waals surface area contributed by atoms with Crippen molar-refractivity contribution in [2.75, 3.05) is 26.5 Å². The lowest BCUT2D eigenvalue weighted by atomic mass is 9.97. The Hall–Kier alpha value is -4.89. The summed E-state index contributed by atoms with van der Waals surface area (Å²) in [4.78, 5) is 110. The summed E-state index contributed by atoms with van der Waals surface area (Å²) in [5.74, 6) is -6.82. The summed E-state index contributed by atoms with van der Waals surface area (Å²) in [7, 11) is -2.18. The van der Waals surface area contributed by atoms with Crippen LogP contribution in [0, 0.1) is 5.92 Å². The zero-order valence-electron chi connectivity index (χ0n) is 32.6. The molecule has 2 aromatic carbocycles. The van der Waals surface area contributed by atoms with Crippen molar-refractivity contribution in [2.24, 2.45) is 5.92 Å². The van der Waals surface area contributed by atoms with E-state index in [9.17, 15) is 48.3 Å². The van der Waals surface area contributed by atoms with Gasteiger partial charge in [0.05, 0.1) is 19.8 Å². The van der Waals surface area contributed by atoms with Gasteiger partial charge in [0.2, 0.25) is 23.6 Å². The van der Waals surface area contributed by atoms with E-state index in [1.807, 2.05) is 0 Å². The highest BCUT2D eigenvalue weighted by Gasteiger charge is 2.34. The van der Waals surface area contributed by atoms with Crippen LogP contribution in [0.4, 0.5) is 0 Å². The van der Waals surface area contributed by atoms with Crippen LogP contribution in [-0.2, 0) is 39.8 Å². The third-order valence-corrected chi connectivity index (χ3v) is 10.0. The molecule has 0 aliphatic heterocycles. The maximum Gasteiger partial charge on any atom is 0.524 e. The highest BCUT2D eigenvalue weighted by atomic mass is 79.9. The summed E-state index contributed by atoms with van der Waals surface area (Å²) in [5.41, 5.74) is 0.328. The number of halogens is 1. The number of phosphoric acid groups is 1. The maximum absolute atomic E-state index is 14.0. The molecule has 5 amide bonds. The van der Waals surface area contributed by atoms with Crippen molar-refractivity contribution >= 4 is 77.9 Å². The van der Waals surface area contributed by atoms with Gasteiger partial charge in [-0.1, -0.05) is 32.4 Å². The molecule has 23 heteroatoms. The Bertz CT molecular complexity index is 1870. The fourth-order valence-electron chi connectivity index (χ4n) is 5.40. The lowest BCUT2D eigenvalue weighted by Crippen LogP contribution is -2.59. The summed E-state index contributed by atoms with van der Waals surface area (Å²) in [6.45, 7) is 3.68. The monoisotopic (exact) mass is 933 g/mol. The molecule has 0 spiro atoms. The van der Waals surface area contributed by atoms with Gasteiger partial charge in [0, 0.05) is 36.0 Å². The highest BCUT2D eigenvalue weighted by molar-refractivity contribution is 9.10. The number of benzene rings is 2. The van der Waals surface area contributed by atoms with Crippen molar-refractivity contribution in [1.82, 2.24) is 26.6 Å². The second kappa shape index (κ2) is 24.3. The Balaban J connectivity index is 2.51. The van der Waals surface area contributed by atoms with E-state index in [0.717, 1.165) is 0 Å². The van der Waals surface area contributed by atoms with E-state index in [-0.39, 0.29) is 46.2 Å². The lowest BCUT2D eigenvalue weighted by molar-refractivity contribution is -0.140. The normalized spacial score (nSPS) is 13.6. The molecule has 0 radical (unpaired) electrons. The SMILES string of the molecule is CC[C@H](C)[C@H](NC(=O)[C@H](CCC(=O)O)NC(=O)[C@H](CCC(=O)O)NC(=O)[C@H](Cc1ccc(OP(=O)(O)O)cc1)NC(=O)c1cc(OC)c(OC)cc1Br)C(=O)NCCS. The molecule has 2 rings (SSSR count). The van der Waals surface area contributed by atoms with E-state index in [1.54, 1.807) is 13.8 Å². The number of carbonyl (C=O) groups is 7. The van der Waals surface area contributed by atoms with Gasteiger partial charge in [0.25, 0.3) is 5.91 Å². The Morgan fingerprint density at radius 2 is 1.29 bits per heavy atom. The first-order chi connectivity index (χ1) is 27.7. The molecule has 59 heavy (non-hydrogen) atoms. The molecular formula is C36H49BrN5O15PS. The van der Waals surface area contributed by atoms with Crippen molar-refractivity contribution in [1.29, 1.82) is 0 Å². The Kier molecular flexibility index (Phi) is 20.7. The molecule has 326 valence electrons. The largest absolute Gasteiger partial charge is 0.524 e. The number of thiol groups is 1. The number of methoxy groups -OCH3 is 2. The number of aliphatic carboxylic acids is 2. The minimum atomic E-state index is -4.90. The van der Waals surface area contributed by atoms with Crippen LogP contribution in [0.3, 0.4) is 0 Å².